The van der Waals surface area contributed by atoms with Gasteiger partial charge in [0.05, 0.1) is 25.2 Å². The van der Waals surface area contributed by atoms with Gasteiger partial charge in [0.15, 0.2) is 0 Å². The lowest BCUT2D eigenvalue weighted by atomic mass is 10.0. The van der Waals surface area contributed by atoms with Gasteiger partial charge in [-0.3, -0.25) is 9.59 Å². The average molecular weight is 758 g/mol. The molecule has 0 bridgehead atoms. The lowest BCUT2D eigenvalue weighted by molar-refractivity contribution is -0.151. The molecule has 314 valence electrons. The SMILES string of the molecule is CC/C=C/C=C/C=C/C=C\CCCCCC(CC(=O)NC(CO)C(O)CCCCCCCCCCC)OC(=O)CCCCCCCCCCCCCCC. The molecule has 0 radical (unpaired) electrons. The molecular weight excluding hydrogens is 671 g/mol. The predicted molar refractivity (Wildman–Crippen MR) is 232 cm³/mol. The van der Waals surface area contributed by atoms with Crippen LogP contribution in [0.15, 0.2) is 48.6 Å². The summed E-state index contributed by atoms with van der Waals surface area (Å²) in [5, 5.41) is 23.6. The van der Waals surface area contributed by atoms with Crippen molar-refractivity contribution in [2.75, 3.05) is 6.61 Å². The Balaban J connectivity index is 4.67. The van der Waals surface area contributed by atoms with E-state index in [4.69, 9.17) is 4.74 Å². The average Bonchev–Trinajstić information content (AvgIpc) is 3.16. The Morgan fingerprint density at radius 3 is 1.52 bits per heavy atom. The third-order valence-corrected chi connectivity index (χ3v) is 10.3. The van der Waals surface area contributed by atoms with E-state index in [9.17, 15) is 19.8 Å². The minimum Gasteiger partial charge on any atom is -0.462 e. The summed E-state index contributed by atoms with van der Waals surface area (Å²) in [5.41, 5.74) is 0. The number of hydrogen-bond acceptors (Lipinski definition) is 5. The van der Waals surface area contributed by atoms with Crippen LogP contribution in [0.5, 0.6) is 0 Å². The molecule has 0 aromatic heterocycles. The number of allylic oxidation sites excluding steroid dienone is 8. The van der Waals surface area contributed by atoms with Gasteiger partial charge >= 0.3 is 5.97 Å². The zero-order valence-corrected chi connectivity index (χ0v) is 35.6. The Morgan fingerprint density at radius 2 is 1.00 bits per heavy atom. The molecule has 0 aromatic rings. The number of hydrogen-bond donors (Lipinski definition) is 3. The molecule has 3 atom stereocenters. The number of amides is 1. The van der Waals surface area contributed by atoms with E-state index in [-0.39, 0.29) is 24.9 Å². The molecule has 0 saturated heterocycles. The van der Waals surface area contributed by atoms with E-state index in [2.05, 4.69) is 50.4 Å². The van der Waals surface area contributed by atoms with Gasteiger partial charge < -0.3 is 20.3 Å². The maximum Gasteiger partial charge on any atom is 0.306 e. The molecule has 3 N–H and O–H groups in total. The molecule has 0 saturated carbocycles. The summed E-state index contributed by atoms with van der Waals surface area (Å²) in [6.07, 6.45) is 48.8. The molecule has 54 heavy (non-hydrogen) atoms. The highest BCUT2D eigenvalue weighted by Crippen LogP contribution is 2.17. The summed E-state index contributed by atoms with van der Waals surface area (Å²) in [6.45, 7) is 6.30. The monoisotopic (exact) mass is 758 g/mol. The number of carbonyl (C=O) groups excluding carboxylic acids is 2. The first-order valence-electron chi connectivity index (χ1n) is 22.9. The third-order valence-electron chi connectivity index (χ3n) is 10.3. The minimum atomic E-state index is -0.795. The summed E-state index contributed by atoms with van der Waals surface area (Å²) in [6, 6.07) is -0.710. The summed E-state index contributed by atoms with van der Waals surface area (Å²) >= 11 is 0. The maximum absolute atomic E-state index is 13.1. The van der Waals surface area contributed by atoms with Crippen LogP contribution in [0.1, 0.15) is 220 Å². The van der Waals surface area contributed by atoms with Crippen molar-refractivity contribution in [2.24, 2.45) is 0 Å². The number of carbonyl (C=O) groups is 2. The molecular formula is C48H87NO5. The summed E-state index contributed by atoms with van der Waals surface area (Å²) in [4.78, 5) is 26.0. The van der Waals surface area contributed by atoms with Crippen LogP contribution < -0.4 is 5.32 Å². The van der Waals surface area contributed by atoms with E-state index in [0.29, 0.717) is 19.3 Å². The van der Waals surface area contributed by atoms with Crippen LogP contribution in [0.25, 0.3) is 0 Å². The van der Waals surface area contributed by atoms with Crippen LogP contribution >= 0.6 is 0 Å². The van der Waals surface area contributed by atoms with E-state index in [0.717, 1.165) is 70.6 Å². The fourth-order valence-electron chi connectivity index (χ4n) is 6.79. The first kappa shape index (κ1) is 51.8. The van der Waals surface area contributed by atoms with Crippen LogP contribution in [-0.2, 0) is 14.3 Å². The quantitative estimate of drug-likeness (QED) is 0.0329. The lowest BCUT2D eigenvalue weighted by Gasteiger charge is -2.24. The molecule has 0 fully saturated rings. The second-order valence-corrected chi connectivity index (χ2v) is 15.5. The number of aliphatic hydroxyl groups excluding tert-OH is 2. The van der Waals surface area contributed by atoms with Crippen molar-refractivity contribution in [3.05, 3.63) is 48.6 Å². The fraction of sp³-hybridized carbons (Fsp3) is 0.792. The number of esters is 1. The second-order valence-electron chi connectivity index (χ2n) is 15.5. The summed E-state index contributed by atoms with van der Waals surface area (Å²) < 4.78 is 5.89. The summed E-state index contributed by atoms with van der Waals surface area (Å²) in [7, 11) is 0. The van der Waals surface area contributed by atoms with Crippen LogP contribution in [-0.4, -0.2) is 46.9 Å². The topological polar surface area (TPSA) is 95.9 Å². The van der Waals surface area contributed by atoms with E-state index in [1.165, 1.54) is 103 Å². The number of ether oxygens (including phenoxy) is 1. The van der Waals surface area contributed by atoms with Crippen molar-refractivity contribution in [1.82, 2.24) is 5.32 Å². The number of rotatable bonds is 40. The Hall–Kier alpha value is -2.18. The second kappa shape index (κ2) is 42.0. The van der Waals surface area contributed by atoms with Gasteiger partial charge in [-0.2, -0.15) is 0 Å². The molecule has 0 aliphatic carbocycles. The van der Waals surface area contributed by atoms with Crippen LogP contribution in [0.3, 0.4) is 0 Å². The predicted octanol–water partition coefficient (Wildman–Crippen LogP) is 13.1. The number of unbranched alkanes of at least 4 members (excludes halogenated alkanes) is 23. The highest BCUT2D eigenvalue weighted by molar-refractivity contribution is 5.77. The van der Waals surface area contributed by atoms with Crippen molar-refractivity contribution >= 4 is 11.9 Å². The number of nitrogens with one attached hydrogen (secondary N) is 1. The molecule has 0 aromatic carbocycles. The molecule has 1 amide bonds. The molecule has 0 rings (SSSR count). The van der Waals surface area contributed by atoms with Crippen LogP contribution in [0, 0.1) is 0 Å². The van der Waals surface area contributed by atoms with Gasteiger partial charge in [-0.25, -0.2) is 0 Å². The Labute approximate surface area is 334 Å². The van der Waals surface area contributed by atoms with Gasteiger partial charge in [0.25, 0.3) is 0 Å². The largest absolute Gasteiger partial charge is 0.462 e. The smallest absolute Gasteiger partial charge is 0.306 e. The van der Waals surface area contributed by atoms with Gasteiger partial charge in [0.2, 0.25) is 5.91 Å². The molecule has 6 nitrogen and oxygen atoms in total. The Bertz CT molecular complexity index is 941. The van der Waals surface area contributed by atoms with Gasteiger partial charge in [0, 0.05) is 6.42 Å². The Morgan fingerprint density at radius 1 is 0.556 bits per heavy atom. The molecule has 3 unspecified atom stereocenters. The zero-order chi connectivity index (χ0) is 39.6. The zero-order valence-electron chi connectivity index (χ0n) is 35.6. The van der Waals surface area contributed by atoms with Gasteiger partial charge in [0.1, 0.15) is 6.10 Å². The minimum absolute atomic E-state index is 0.0528. The normalized spacial score (nSPS) is 13.8. The van der Waals surface area contributed by atoms with Gasteiger partial charge in [-0.05, 0) is 44.9 Å². The van der Waals surface area contributed by atoms with E-state index in [1.54, 1.807) is 0 Å². The maximum atomic E-state index is 13.1. The first-order chi connectivity index (χ1) is 26.5. The number of aliphatic hydroxyl groups is 2. The third kappa shape index (κ3) is 36.8. The van der Waals surface area contributed by atoms with E-state index >= 15 is 0 Å². The first-order valence-corrected chi connectivity index (χ1v) is 22.9. The highest BCUT2D eigenvalue weighted by Gasteiger charge is 2.24. The van der Waals surface area contributed by atoms with E-state index < -0.39 is 18.2 Å². The standard InChI is InChI=1S/C48H87NO5/c1-4-7-10-13-16-19-21-23-25-28-30-33-36-39-44(54-48(53)41-38-35-32-29-26-24-22-20-17-14-11-8-5-2)42-47(52)49-45(43-50)46(51)40-37-34-31-27-18-15-12-9-6-3/h7,10,13,16,19,21,23,25,44-46,50-51H,4-6,8-9,11-12,14-15,17-18,20,22,24,26-43H2,1-3H3,(H,49,52)/b10-7+,16-13+,21-19+,25-23-. The van der Waals surface area contributed by atoms with Crippen LogP contribution in [0.2, 0.25) is 0 Å². The van der Waals surface area contributed by atoms with Crippen molar-refractivity contribution in [2.45, 2.75) is 238 Å². The van der Waals surface area contributed by atoms with Gasteiger partial charge in [-0.1, -0.05) is 211 Å². The van der Waals surface area contributed by atoms with Crippen LogP contribution in [0.4, 0.5) is 0 Å². The molecule has 0 spiro atoms. The van der Waals surface area contributed by atoms with Crippen molar-refractivity contribution in [3.63, 3.8) is 0 Å². The van der Waals surface area contributed by atoms with E-state index in [1.807, 2.05) is 24.3 Å². The fourth-order valence-corrected chi connectivity index (χ4v) is 6.79. The van der Waals surface area contributed by atoms with Crippen molar-refractivity contribution < 1.29 is 24.5 Å². The molecule has 0 aliphatic heterocycles. The molecule has 0 aliphatic rings. The highest BCUT2D eigenvalue weighted by atomic mass is 16.5. The molecule has 0 heterocycles. The van der Waals surface area contributed by atoms with Crippen molar-refractivity contribution in [1.29, 1.82) is 0 Å². The summed E-state index contributed by atoms with van der Waals surface area (Å²) in [5.74, 6) is -0.512. The van der Waals surface area contributed by atoms with Gasteiger partial charge in [-0.15, -0.1) is 0 Å². The molecule has 6 heteroatoms. The lowest BCUT2D eigenvalue weighted by Crippen LogP contribution is -2.46. The Kier molecular flexibility index (Phi) is 40.3. The van der Waals surface area contributed by atoms with Crippen molar-refractivity contribution in [3.8, 4) is 0 Å².